The van der Waals surface area contributed by atoms with Crippen molar-refractivity contribution in [3.63, 3.8) is 0 Å². The molecule has 166 valence electrons. The van der Waals surface area contributed by atoms with Crippen LogP contribution in [0.25, 0.3) is 11.0 Å². The number of nitrogens with one attached hydrogen (secondary N) is 2. The fraction of sp³-hybridized carbons (Fsp3) is 0.565. The second kappa shape index (κ2) is 9.94. The molecule has 1 atom stereocenters. The molecule has 3 heterocycles. The van der Waals surface area contributed by atoms with E-state index in [4.69, 9.17) is 0 Å². The molecule has 2 N–H and O–H groups in total. The van der Waals surface area contributed by atoms with E-state index in [-0.39, 0.29) is 5.91 Å². The molecular formula is C23H33N7O. The molecule has 0 aliphatic heterocycles. The number of imidazole rings is 1. The van der Waals surface area contributed by atoms with Gasteiger partial charge in [0.05, 0.1) is 29.2 Å². The van der Waals surface area contributed by atoms with Gasteiger partial charge in [-0.1, -0.05) is 19.3 Å². The Morgan fingerprint density at radius 3 is 2.84 bits per heavy atom. The maximum Gasteiger partial charge on any atom is 0.254 e. The van der Waals surface area contributed by atoms with Crippen LogP contribution in [-0.4, -0.2) is 42.8 Å². The molecule has 0 radical (unpaired) electrons. The predicted octanol–water partition coefficient (Wildman–Crippen LogP) is 3.85. The minimum atomic E-state index is -0.0948. The van der Waals surface area contributed by atoms with Crippen molar-refractivity contribution in [3.05, 3.63) is 36.7 Å². The van der Waals surface area contributed by atoms with Crippen LogP contribution >= 0.6 is 0 Å². The van der Waals surface area contributed by atoms with Gasteiger partial charge in [-0.05, 0) is 39.0 Å². The van der Waals surface area contributed by atoms with Gasteiger partial charge in [-0.25, -0.2) is 14.6 Å². The van der Waals surface area contributed by atoms with Crippen molar-refractivity contribution in [1.82, 2.24) is 29.6 Å². The summed E-state index contributed by atoms with van der Waals surface area (Å²) in [6, 6.07) is 0.295. The minimum Gasteiger partial charge on any atom is -0.381 e. The van der Waals surface area contributed by atoms with Gasteiger partial charge in [-0.3, -0.25) is 4.79 Å². The molecule has 1 unspecified atom stereocenters. The first kappa shape index (κ1) is 21.3. The van der Waals surface area contributed by atoms with Crippen molar-refractivity contribution in [3.8, 4) is 0 Å². The van der Waals surface area contributed by atoms with E-state index in [0.717, 1.165) is 36.2 Å². The number of nitrogens with zero attached hydrogens (tertiary/aromatic N) is 5. The van der Waals surface area contributed by atoms with Crippen LogP contribution in [0, 0.1) is 5.92 Å². The van der Waals surface area contributed by atoms with Gasteiger partial charge < -0.3 is 15.2 Å². The number of aryl methyl sites for hydroxylation is 2. The SMILES string of the molecule is CCn1ncc2c(NC(C)C3CCCCC3)c(C(=O)NCCCn3ccnc3)cnc21. The zero-order chi connectivity index (χ0) is 21.6. The van der Waals surface area contributed by atoms with Crippen LogP contribution in [0.1, 0.15) is 62.7 Å². The predicted molar refractivity (Wildman–Crippen MR) is 122 cm³/mol. The number of carbonyl (C=O) groups excluding carboxylic acids is 1. The molecule has 1 fully saturated rings. The van der Waals surface area contributed by atoms with E-state index in [0.29, 0.717) is 24.1 Å². The standard InChI is InChI=1S/C23H33N7O/c1-3-30-22-19(15-27-30)21(28-17(2)18-8-5-4-6-9-18)20(14-26-22)23(31)25-10-7-12-29-13-11-24-16-29/h11,13-18H,3-10,12H2,1-2H3,(H,25,31)(H,26,28). The highest BCUT2D eigenvalue weighted by molar-refractivity contribution is 6.06. The van der Waals surface area contributed by atoms with Crippen molar-refractivity contribution in [2.45, 2.75) is 71.5 Å². The quantitative estimate of drug-likeness (QED) is 0.510. The van der Waals surface area contributed by atoms with Gasteiger partial charge in [-0.15, -0.1) is 0 Å². The van der Waals surface area contributed by atoms with E-state index in [2.05, 4.69) is 32.6 Å². The maximum absolute atomic E-state index is 13.1. The Bertz CT molecular complexity index is 989. The average Bonchev–Trinajstić information content (AvgIpc) is 3.47. The van der Waals surface area contributed by atoms with Crippen molar-refractivity contribution >= 4 is 22.6 Å². The van der Waals surface area contributed by atoms with Gasteiger partial charge in [0, 0.05) is 44.3 Å². The third-order valence-corrected chi connectivity index (χ3v) is 6.38. The Balaban J connectivity index is 1.51. The molecule has 0 spiro atoms. The van der Waals surface area contributed by atoms with E-state index in [1.165, 1.54) is 32.1 Å². The first-order chi connectivity index (χ1) is 15.2. The lowest BCUT2D eigenvalue weighted by molar-refractivity contribution is 0.0953. The molecule has 4 rings (SSSR count). The molecule has 0 bridgehead atoms. The fourth-order valence-corrected chi connectivity index (χ4v) is 4.54. The van der Waals surface area contributed by atoms with E-state index >= 15 is 0 Å². The summed E-state index contributed by atoms with van der Waals surface area (Å²) in [5.41, 5.74) is 2.26. The summed E-state index contributed by atoms with van der Waals surface area (Å²) in [5.74, 6) is 0.534. The minimum absolute atomic E-state index is 0.0948. The molecule has 0 saturated heterocycles. The number of anilines is 1. The molecule has 3 aromatic heterocycles. The number of pyridine rings is 1. The zero-order valence-electron chi connectivity index (χ0n) is 18.5. The molecular weight excluding hydrogens is 390 g/mol. The van der Waals surface area contributed by atoms with Gasteiger partial charge >= 0.3 is 0 Å². The third kappa shape index (κ3) is 4.89. The number of aromatic nitrogens is 5. The summed E-state index contributed by atoms with van der Waals surface area (Å²) < 4.78 is 3.89. The number of fused-ring (bicyclic) bond motifs is 1. The van der Waals surface area contributed by atoms with Crippen LogP contribution in [0.2, 0.25) is 0 Å². The first-order valence-corrected chi connectivity index (χ1v) is 11.5. The summed E-state index contributed by atoms with van der Waals surface area (Å²) in [6.07, 6.45) is 16.3. The Morgan fingerprint density at radius 2 is 2.10 bits per heavy atom. The molecule has 1 amide bonds. The largest absolute Gasteiger partial charge is 0.381 e. The molecule has 3 aromatic rings. The lowest BCUT2D eigenvalue weighted by Crippen LogP contribution is -2.31. The lowest BCUT2D eigenvalue weighted by Gasteiger charge is -2.29. The van der Waals surface area contributed by atoms with Crippen molar-refractivity contribution in [2.24, 2.45) is 5.92 Å². The number of amides is 1. The van der Waals surface area contributed by atoms with Crippen LogP contribution in [0.3, 0.4) is 0 Å². The zero-order valence-corrected chi connectivity index (χ0v) is 18.5. The number of rotatable bonds is 9. The second-order valence-corrected chi connectivity index (χ2v) is 8.49. The molecule has 31 heavy (non-hydrogen) atoms. The van der Waals surface area contributed by atoms with Crippen LogP contribution in [-0.2, 0) is 13.1 Å². The van der Waals surface area contributed by atoms with Crippen LogP contribution in [0.4, 0.5) is 5.69 Å². The van der Waals surface area contributed by atoms with E-state index < -0.39 is 0 Å². The summed E-state index contributed by atoms with van der Waals surface area (Å²) in [7, 11) is 0. The van der Waals surface area contributed by atoms with Gasteiger partial charge in [0.15, 0.2) is 5.65 Å². The first-order valence-electron chi connectivity index (χ1n) is 11.5. The summed E-state index contributed by atoms with van der Waals surface area (Å²) in [4.78, 5) is 21.7. The highest BCUT2D eigenvalue weighted by atomic mass is 16.1. The number of hydrogen-bond donors (Lipinski definition) is 2. The summed E-state index contributed by atoms with van der Waals surface area (Å²) in [6.45, 7) is 6.45. The molecule has 1 aliphatic carbocycles. The Hall–Kier alpha value is -2.90. The van der Waals surface area contributed by atoms with E-state index in [1.807, 2.05) is 28.6 Å². The maximum atomic E-state index is 13.1. The monoisotopic (exact) mass is 423 g/mol. The fourth-order valence-electron chi connectivity index (χ4n) is 4.54. The Morgan fingerprint density at radius 1 is 1.26 bits per heavy atom. The van der Waals surface area contributed by atoms with Crippen molar-refractivity contribution in [1.29, 1.82) is 0 Å². The highest BCUT2D eigenvalue weighted by Gasteiger charge is 2.24. The molecule has 1 aliphatic rings. The van der Waals surface area contributed by atoms with Gasteiger partial charge in [-0.2, -0.15) is 5.10 Å². The number of carbonyl (C=O) groups is 1. The third-order valence-electron chi connectivity index (χ3n) is 6.38. The number of hydrogen-bond acceptors (Lipinski definition) is 5. The van der Waals surface area contributed by atoms with Crippen molar-refractivity contribution < 1.29 is 4.79 Å². The molecule has 8 nitrogen and oxygen atoms in total. The average molecular weight is 424 g/mol. The summed E-state index contributed by atoms with van der Waals surface area (Å²) >= 11 is 0. The molecule has 1 saturated carbocycles. The van der Waals surface area contributed by atoms with Gasteiger partial charge in [0.2, 0.25) is 0 Å². The lowest BCUT2D eigenvalue weighted by atomic mass is 9.84. The highest BCUT2D eigenvalue weighted by Crippen LogP contribution is 2.32. The second-order valence-electron chi connectivity index (χ2n) is 8.49. The Labute approximate surface area is 183 Å². The van der Waals surface area contributed by atoms with Crippen LogP contribution < -0.4 is 10.6 Å². The smallest absolute Gasteiger partial charge is 0.254 e. The van der Waals surface area contributed by atoms with Gasteiger partial charge in [0.25, 0.3) is 5.91 Å². The normalized spacial score (nSPS) is 15.8. The van der Waals surface area contributed by atoms with Crippen LogP contribution in [0.15, 0.2) is 31.1 Å². The molecule has 8 heteroatoms. The Kier molecular flexibility index (Phi) is 6.84. The topological polar surface area (TPSA) is 89.7 Å². The molecule has 0 aromatic carbocycles. The summed E-state index contributed by atoms with van der Waals surface area (Å²) in [5, 5.41) is 12.1. The van der Waals surface area contributed by atoms with E-state index in [9.17, 15) is 4.79 Å². The van der Waals surface area contributed by atoms with Gasteiger partial charge in [0.1, 0.15) is 0 Å². The van der Waals surface area contributed by atoms with E-state index in [1.54, 1.807) is 18.7 Å². The van der Waals surface area contributed by atoms with Crippen molar-refractivity contribution in [2.75, 3.05) is 11.9 Å². The van der Waals surface area contributed by atoms with Crippen LogP contribution in [0.5, 0.6) is 0 Å².